The summed E-state index contributed by atoms with van der Waals surface area (Å²) in [4.78, 5) is 33.2. The highest BCUT2D eigenvalue weighted by molar-refractivity contribution is 7.99. The van der Waals surface area contributed by atoms with Gasteiger partial charge in [-0.2, -0.15) is 0 Å². The van der Waals surface area contributed by atoms with Gasteiger partial charge in [-0.1, -0.05) is 42.1 Å². The number of aromatic nitrogens is 2. The number of nitrogens with one attached hydrogen (secondary N) is 2. The fraction of sp³-hybridized carbons (Fsp3) is 0.278. The maximum Gasteiger partial charge on any atom is 0.260 e. The van der Waals surface area contributed by atoms with Crippen LogP contribution in [0.2, 0.25) is 0 Å². The third-order valence-corrected chi connectivity index (χ3v) is 5.91. The van der Waals surface area contributed by atoms with Gasteiger partial charge < -0.3 is 10.3 Å². The number of amides is 1. The molecule has 0 aliphatic rings. The fourth-order valence-corrected chi connectivity index (χ4v) is 4.26. The van der Waals surface area contributed by atoms with Crippen LogP contribution in [0.4, 0.5) is 0 Å². The van der Waals surface area contributed by atoms with Crippen LogP contribution in [0.15, 0.2) is 40.3 Å². The van der Waals surface area contributed by atoms with Crippen molar-refractivity contribution in [3.8, 4) is 0 Å². The smallest absolute Gasteiger partial charge is 0.260 e. The molecule has 0 unspecified atom stereocenters. The SMILES string of the molecule is Cc1sc2nc(SCC(=O)NCCc3ccccc3)[nH]c(=O)c2c1C. The van der Waals surface area contributed by atoms with E-state index in [4.69, 9.17) is 0 Å². The molecule has 7 heteroatoms. The van der Waals surface area contributed by atoms with Gasteiger partial charge in [-0.15, -0.1) is 11.3 Å². The molecule has 0 spiro atoms. The van der Waals surface area contributed by atoms with Crippen molar-refractivity contribution in [2.24, 2.45) is 0 Å². The average molecular weight is 374 g/mol. The number of hydrogen-bond donors (Lipinski definition) is 2. The van der Waals surface area contributed by atoms with Gasteiger partial charge in [0, 0.05) is 11.4 Å². The molecule has 2 N–H and O–H groups in total. The first-order valence-corrected chi connectivity index (χ1v) is 9.78. The summed E-state index contributed by atoms with van der Waals surface area (Å²) in [6.07, 6.45) is 0.798. The lowest BCUT2D eigenvalue weighted by Crippen LogP contribution is -2.27. The minimum Gasteiger partial charge on any atom is -0.355 e. The molecule has 25 heavy (non-hydrogen) atoms. The fourth-order valence-electron chi connectivity index (χ4n) is 2.48. The van der Waals surface area contributed by atoms with E-state index in [1.54, 1.807) is 0 Å². The molecular weight excluding hydrogens is 354 g/mol. The van der Waals surface area contributed by atoms with E-state index in [1.165, 1.54) is 28.7 Å². The number of nitrogens with zero attached hydrogens (tertiary/aromatic N) is 1. The largest absolute Gasteiger partial charge is 0.355 e. The molecular formula is C18H19N3O2S2. The summed E-state index contributed by atoms with van der Waals surface area (Å²) in [5.41, 5.74) is 2.03. The summed E-state index contributed by atoms with van der Waals surface area (Å²) in [5.74, 6) is 0.161. The lowest BCUT2D eigenvalue weighted by Gasteiger charge is -2.05. The van der Waals surface area contributed by atoms with E-state index in [-0.39, 0.29) is 17.2 Å². The zero-order valence-electron chi connectivity index (χ0n) is 14.1. The van der Waals surface area contributed by atoms with Gasteiger partial charge in [-0.05, 0) is 31.4 Å². The van der Waals surface area contributed by atoms with E-state index in [9.17, 15) is 9.59 Å². The van der Waals surface area contributed by atoms with Crippen LogP contribution in [0.3, 0.4) is 0 Å². The Morgan fingerprint density at radius 3 is 2.80 bits per heavy atom. The minimum atomic E-state index is -0.140. The molecule has 130 valence electrons. The Morgan fingerprint density at radius 1 is 1.28 bits per heavy atom. The number of aromatic amines is 1. The highest BCUT2D eigenvalue weighted by Gasteiger charge is 2.12. The Balaban J connectivity index is 1.55. The van der Waals surface area contributed by atoms with Crippen molar-refractivity contribution in [1.29, 1.82) is 0 Å². The molecule has 0 atom stereocenters. The molecule has 1 aromatic carbocycles. The van der Waals surface area contributed by atoms with E-state index in [0.717, 1.165) is 21.7 Å². The number of rotatable bonds is 6. The summed E-state index contributed by atoms with van der Waals surface area (Å²) in [5, 5.41) is 4.02. The topological polar surface area (TPSA) is 74.8 Å². The van der Waals surface area contributed by atoms with Crippen LogP contribution in [-0.4, -0.2) is 28.2 Å². The van der Waals surface area contributed by atoms with Gasteiger partial charge in [0.15, 0.2) is 5.16 Å². The summed E-state index contributed by atoms with van der Waals surface area (Å²) < 4.78 is 0. The van der Waals surface area contributed by atoms with Gasteiger partial charge in [-0.3, -0.25) is 9.59 Å². The first kappa shape index (κ1) is 17.7. The van der Waals surface area contributed by atoms with Gasteiger partial charge in [0.2, 0.25) is 5.91 Å². The number of aryl methyl sites for hydroxylation is 2. The summed E-state index contributed by atoms with van der Waals surface area (Å²) in [7, 11) is 0. The third-order valence-electron chi connectivity index (χ3n) is 3.94. The molecule has 0 aliphatic carbocycles. The molecule has 5 nitrogen and oxygen atoms in total. The van der Waals surface area contributed by atoms with E-state index in [2.05, 4.69) is 15.3 Å². The number of carbonyl (C=O) groups is 1. The van der Waals surface area contributed by atoms with Crippen molar-refractivity contribution in [1.82, 2.24) is 15.3 Å². The second-order valence-electron chi connectivity index (χ2n) is 5.71. The van der Waals surface area contributed by atoms with Crippen molar-refractivity contribution in [3.63, 3.8) is 0 Å². The van der Waals surface area contributed by atoms with Crippen LogP contribution in [0, 0.1) is 13.8 Å². The minimum absolute atomic E-state index is 0.0674. The van der Waals surface area contributed by atoms with E-state index in [1.807, 2.05) is 44.2 Å². The van der Waals surface area contributed by atoms with Crippen LogP contribution < -0.4 is 10.9 Å². The Kier molecular flexibility index (Phi) is 5.55. The highest BCUT2D eigenvalue weighted by atomic mass is 32.2. The van der Waals surface area contributed by atoms with Crippen molar-refractivity contribution < 1.29 is 4.79 Å². The second-order valence-corrected chi connectivity index (χ2v) is 7.88. The molecule has 2 aromatic heterocycles. The molecule has 0 aliphatic heterocycles. The molecule has 0 fully saturated rings. The molecule has 0 saturated carbocycles. The number of H-pyrrole nitrogens is 1. The monoisotopic (exact) mass is 373 g/mol. The molecule has 0 bridgehead atoms. The summed E-state index contributed by atoms with van der Waals surface area (Å²) in [6, 6.07) is 10.0. The maximum absolute atomic E-state index is 12.2. The lowest BCUT2D eigenvalue weighted by atomic mass is 10.1. The lowest BCUT2D eigenvalue weighted by molar-refractivity contribution is -0.118. The molecule has 1 amide bonds. The standard InChI is InChI=1S/C18H19N3O2S2/c1-11-12(2)25-17-15(11)16(23)20-18(21-17)24-10-14(22)19-9-8-13-6-4-3-5-7-13/h3-7H,8-10H2,1-2H3,(H,19,22)(H,20,21,23). The Hall–Kier alpha value is -2.12. The van der Waals surface area contributed by atoms with Crippen molar-refractivity contribution in [2.75, 3.05) is 12.3 Å². The van der Waals surface area contributed by atoms with E-state index in [0.29, 0.717) is 17.1 Å². The number of thiophene rings is 1. The van der Waals surface area contributed by atoms with Gasteiger partial charge in [0.1, 0.15) is 4.83 Å². The highest BCUT2D eigenvalue weighted by Crippen LogP contribution is 2.27. The summed E-state index contributed by atoms with van der Waals surface area (Å²) in [6.45, 7) is 4.50. The number of carbonyl (C=O) groups excluding carboxylic acids is 1. The van der Waals surface area contributed by atoms with Gasteiger partial charge >= 0.3 is 0 Å². The van der Waals surface area contributed by atoms with E-state index >= 15 is 0 Å². The predicted molar refractivity (Wildman–Crippen MR) is 104 cm³/mol. The zero-order valence-corrected chi connectivity index (χ0v) is 15.7. The van der Waals surface area contributed by atoms with Crippen LogP contribution in [-0.2, 0) is 11.2 Å². The van der Waals surface area contributed by atoms with Gasteiger partial charge in [0.05, 0.1) is 11.1 Å². The average Bonchev–Trinajstić information content (AvgIpc) is 2.88. The third kappa shape index (κ3) is 4.29. The molecule has 0 radical (unpaired) electrons. The number of thioether (sulfide) groups is 1. The van der Waals surface area contributed by atoms with Crippen molar-refractivity contribution in [3.05, 3.63) is 56.7 Å². The quantitative estimate of drug-likeness (QED) is 0.514. The molecule has 2 heterocycles. The second kappa shape index (κ2) is 7.84. The van der Waals surface area contributed by atoms with Crippen molar-refractivity contribution >= 4 is 39.2 Å². The van der Waals surface area contributed by atoms with Gasteiger partial charge in [0.25, 0.3) is 5.56 Å². The first-order valence-electron chi connectivity index (χ1n) is 7.98. The number of fused-ring (bicyclic) bond motifs is 1. The molecule has 0 saturated heterocycles. The van der Waals surface area contributed by atoms with Gasteiger partial charge in [-0.25, -0.2) is 4.98 Å². The predicted octanol–water partition coefficient (Wildman–Crippen LogP) is 3.05. The van der Waals surface area contributed by atoms with Crippen molar-refractivity contribution in [2.45, 2.75) is 25.4 Å². The number of benzene rings is 1. The maximum atomic E-state index is 12.2. The number of hydrogen-bond acceptors (Lipinski definition) is 5. The molecule has 3 aromatic rings. The van der Waals surface area contributed by atoms with Crippen LogP contribution in [0.1, 0.15) is 16.0 Å². The van der Waals surface area contributed by atoms with Crippen LogP contribution >= 0.6 is 23.1 Å². The van der Waals surface area contributed by atoms with Crippen LogP contribution in [0.25, 0.3) is 10.2 Å². The normalized spacial score (nSPS) is 11.0. The summed E-state index contributed by atoms with van der Waals surface area (Å²) >= 11 is 2.75. The Labute approximate surface area is 153 Å². The zero-order chi connectivity index (χ0) is 17.8. The Bertz CT molecular complexity index is 948. The molecule has 3 rings (SSSR count). The first-order chi connectivity index (χ1) is 12.0. The van der Waals surface area contributed by atoms with E-state index < -0.39 is 0 Å². The Morgan fingerprint density at radius 2 is 2.04 bits per heavy atom. The van der Waals surface area contributed by atoms with Crippen LogP contribution in [0.5, 0.6) is 0 Å².